The Labute approximate surface area is 196 Å². The molecule has 2 heterocycles. The number of carbonyl (C=O) groups is 1. The number of piperidine rings is 1. The van der Waals surface area contributed by atoms with Gasteiger partial charge in [0.15, 0.2) is 0 Å². The van der Waals surface area contributed by atoms with Gasteiger partial charge in [-0.15, -0.1) is 0 Å². The minimum absolute atomic E-state index is 0.0527. The third kappa shape index (κ3) is 4.73. The number of nitrogens with zero attached hydrogens (tertiary/aromatic N) is 5. The summed E-state index contributed by atoms with van der Waals surface area (Å²) in [4.78, 5) is 41.0. The molecule has 0 saturated carbocycles. The molecule has 0 aromatic heterocycles. The lowest BCUT2D eigenvalue weighted by Gasteiger charge is -2.36. The number of anilines is 2. The molecule has 0 atom stereocenters. The van der Waals surface area contributed by atoms with Crippen LogP contribution in [0.25, 0.3) is 0 Å². The van der Waals surface area contributed by atoms with Gasteiger partial charge in [0.25, 0.3) is 17.3 Å². The van der Waals surface area contributed by atoms with Gasteiger partial charge in [0, 0.05) is 50.9 Å². The molecule has 2 aliphatic heterocycles. The highest BCUT2D eigenvalue weighted by Crippen LogP contribution is 2.34. The van der Waals surface area contributed by atoms with E-state index >= 15 is 0 Å². The van der Waals surface area contributed by atoms with Crippen molar-refractivity contribution in [3.63, 3.8) is 0 Å². The molecule has 2 aliphatic rings. The SMILES string of the molecule is COc1ccc(N2CCN(C(=O)c3ccc(N4CCCCC4)c([N+](=O)[O-])c3)CC2)c([N+](=O)[O-])c1. The lowest BCUT2D eigenvalue weighted by molar-refractivity contribution is -0.384. The monoisotopic (exact) mass is 469 g/mol. The van der Waals surface area contributed by atoms with Crippen molar-refractivity contribution in [3.05, 3.63) is 62.2 Å². The quantitative estimate of drug-likeness (QED) is 0.466. The predicted molar refractivity (Wildman–Crippen MR) is 127 cm³/mol. The molecule has 180 valence electrons. The van der Waals surface area contributed by atoms with Crippen LogP contribution in [-0.2, 0) is 0 Å². The number of hydrogen-bond acceptors (Lipinski definition) is 8. The first kappa shape index (κ1) is 23.3. The van der Waals surface area contributed by atoms with Gasteiger partial charge in [-0.3, -0.25) is 25.0 Å². The van der Waals surface area contributed by atoms with Gasteiger partial charge in [0.1, 0.15) is 17.1 Å². The Morgan fingerprint density at radius 3 is 1.94 bits per heavy atom. The lowest BCUT2D eigenvalue weighted by atomic mass is 10.1. The molecule has 1 amide bonds. The van der Waals surface area contributed by atoms with Crippen LogP contribution in [0.4, 0.5) is 22.7 Å². The van der Waals surface area contributed by atoms with Crippen LogP contribution < -0.4 is 14.5 Å². The summed E-state index contributed by atoms with van der Waals surface area (Å²) in [7, 11) is 1.45. The van der Waals surface area contributed by atoms with Gasteiger partial charge in [-0.05, 0) is 43.5 Å². The first-order valence-corrected chi connectivity index (χ1v) is 11.3. The molecule has 2 aromatic rings. The number of ether oxygens (including phenoxy) is 1. The molecule has 0 N–H and O–H groups in total. The van der Waals surface area contributed by atoms with E-state index in [0.717, 1.165) is 32.4 Å². The normalized spacial score (nSPS) is 16.3. The maximum absolute atomic E-state index is 13.1. The topological polar surface area (TPSA) is 122 Å². The largest absolute Gasteiger partial charge is 0.496 e. The fraction of sp³-hybridized carbons (Fsp3) is 0.435. The van der Waals surface area contributed by atoms with E-state index < -0.39 is 9.85 Å². The molecule has 0 unspecified atom stereocenters. The van der Waals surface area contributed by atoms with Crippen LogP contribution in [0.1, 0.15) is 29.6 Å². The zero-order valence-corrected chi connectivity index (χ0v) is 19.0. The van der Waals surface area contributed by atoms with E-state index in [1.807, 2.05) is 9.80 Å². The molecular formula is C23H27N5O6. The van der Waals surface area contributed by atoms with E-state index in [4.69, 9.17) is 4.74 Å². The van der Waals surface area contributed by atoms with Crippen molar-refractivity contribution in [1.82, 2.24) is 4.90 Å². The fourth-order valence-corrected chi connectivity index (χ4v) is 4.58. The molecule has 0 aliphatic carbocycles. The molecule has 11 heteroatoms. The highest BCUT2D eigenvalue weighted by Gasteiger charge is 2.29. The Bertz CT molecular complexity index is 1090. The average molecular weight is 469 g/mol. The van der Waals surface area contributed by atoms with E-state index in [9.17, 15) is 25.0 Å². The molecule has 0 spiro atoms. The highest BCUT2D eigenvalue weighted by atomic mass is 16.6. The van der Waals surface area contributed by atoms with Crippen LogP contribution in [-0.4, -0.2) is 67.0 Å². The summed E-state index contributed by atoms with van der Waals surface area (Å²) in [6.07, 6.45) is 3.11. The summed E-state index contributed by atoms with van der Waals surface area (Å²) in [6, 6.07) is 9.40. The summed E-state index contributed by atoms with van der Waals surface area (Å²) >= 11 is 0. The maximum Gasteiger partial charge on any atom is 0.296 e. The number of nitro groups is 2. The van der Waals surface area contributed by atoms with Crippen molar-refractivity contribution in [2.24, 2.45) is 0 Å². The molecule has 2 fully saturated rings. The summed E-state index contributed by atoms with van der Waals surface area (Å²) in [5.41, 5.74) is 1.19. The number of rotatable bonds is 6. The van der Waals surface area contributed by atoms with Gasteiger partial charge in [-0.1, -0.05) is 0 Å². The first-order chi connectivity index (χ1) is 16.4. The van der Waals surface area contributed by atoms with Crippen molar-refractivity contribution in [1.29, 1.82) is 0 Å². The van der Waals surface area contributed by atoms with Gasteiger partial charge in [-0.2, -0.15) is 0 Å². The van der Waals surface area contributed by atoms with E-state index in [2.05, 4.69) is 0 Å². The Morgan fingerprint density at radius 1 is 0.794 bits per heavy atom. The number of amides is 1. The van der Waals surface area contributed by atoms with Crippen LogP contribution in [0, 0.1) is 20.2 Å². The predicted octanol–water partition coefficient (Wildman–Crippen LogP) is 3.46. The number of methoxy groups -OCH3 is 1. The average Bonchev–Trinajstić information content (AvgIpc) is 2.88. The van der Waals surface area contributed by atoms with Gasteiger partial charge < -0.3 is 19.4 Å². The number of piperazine rings is 1. The lowest BCUT2D eigenvalue weighted by Crippen LogP contribution is -2.49. The molecule has 0 radical (unpaired) electrons. The number of nitro benzene ring substituents is 2. The zero-order chi connectivity index (χ0) is 24.2. The fourth-order valence-electron chi connectivity index (χ4n) is 4.58. The van der Waals surface area contributed by atoms with Crippen molar-refractivity contribution >= 4 is 28.7 Å². The molecule has 2 saturated heterocycles. The Morgan fingerprint density at radius 2 is 1.35 bits per heavy atom. The van der Waals surface area contributed by atoms with Crippen molar-refractivity contribution < 1.29 is 19.4 Å². The molecule has 11 nitrogen and oxygen atoms in total. The van der Waals surface area contributed by atoms with Crippen LogP contribution in [0.3, 0.4) is 0 Å². The van der Waals surface area contributed by atoms with E-state index in [-0.39, 0.29) is 22.8 Å². The number of hydrogen-bond donors (Lipinski definition) is 0. The van der Waals surface area contributed by atoms with E-state index in [1.54, 1.807) is 29.2 Å². The van der Waals surface area contributed by atoms with Crippen molar-refractivity contribution in [3.8, 4) is 5.75 Å². The van der Waals surface area contributed by atoms with Crippen LogP contribution in [0.15, 0.2) is 36.4 Å². The Balaban J connectivity index is 1.48. The van der Waals surface area contributed by atoms with E-state index in [0.29, 0.717) is 43.3 Å². The van der Waals surface area contributed by atoms with Gasteiger partial charge in [-0.25, -0.2) is 0 Å². The molecule has 34 heavy (non-hydrogen) atoms. The molecular weight excluding hydrogens is 442 g/mol. The second-order valence-electron chi connectivity index (χ2n) is 8.40. The third-order valence-electron chi connectivity index (χ3n) is 6.40. The third-order valence-corrected chi connectivity index (χ3v) is 6.40. The van der Waals surface area contributed by atoms with E-state index in [1.165, 1.54) is 19.2 Å². The molecule has 2 aromatic carbocycles. The van der Waals surface area contributed by atoms with Crippen LogP contribution >= 0.6 is 0 Å². The second kappa shape index (κ2) is 9.94. The second-order valence-corrected chi connectivity index (χ2v) is 8.40. The number of benzene rings is 2. The Hall–Kier alpha value is -3.89. The smallest absolute Gasteiger partial charge is 0.296 e. The maximum atomic E-state index is 13.1. The van der Waals surface area contributed by atoms with Gasteiger partial charge in [0.2, 0.25) is 0 Å². The summed E-state index contributed by atoms with van der Waals surface area (Å²) in [6.45, 7) is 3.06. The molecule has 0 bridgehead atoms. The standard InChI is InChI=1S/C23H27N5O6/c1-34-18-6-8-20(22(16-18)28(32)33)25-11-13-26(14-12-25)23(29)17-5-7-19(21(15-17)27(30)31)24-9-3-2-4-10-24/h5-8,15-16H,2-4,9-14H2,1H3. The summed E-state index contributed by atoms with van der Waals surface area (Å²) in [5, 5.41) is 23.3. The number of carbonyl (C=O) groups excluding carboxylic acids is 1. The Kier molecular flexibility index (Phi) is 6.80. The minimum Gasteiger partial charge on any atom is -0.496 e. The van der Waals surface area contributed by atoms with Crippen molar-refractivity contribution in [2.45, 2.75) is 19.3 Å². The van der Waals surface area contributed by atoms with Gasteiger partial charge in [0.05, 0.1) is 23.0 Å². The molecule has 4 rings (SSSR count). The van der Waals surface area contributed by atoms with Gasteiger partial charge >= 0.3 is 0 Å². The summed E-state index contributed by atoms with van der Waals surface area (Å²) < 4.78 is 5.09. The first-order valence-electron chi connectivity index (χ1n) is 11.3. The zero-order valence-electron chi connectivity index (χ0n) is 19.0. The van der Waals surface area contributed by atoms with Crippen LogP contribution in [0.5, 0.6) is 5.75 Å². The van der Waals surface area contributed by atoms with Crippen LogP contribution in [0.2, 0.25) is 0 Å². The minimum atomic E-state index is -0.446. The van der Waals surface area contributed by atoms with Crippen molar-refractivity contribution in [2.75, 3.05) is 56.2 Å². The highest BCUT2D eigenvalue weighted by molar-refractivity contribution is 5.96. The summed E-state index contributed by atoms with van der Waals surface area (Å²) in [5.74, 6) is 0.121.